The fraction of sp³-hybridized carbons (Fsp3) is 0.412. The second-order valence-corrected chi connectivity index (χ2v) is 5.88. The Morgan fingerprint density at radius 3 is 2.87 bits per heavy atom. The van der Waals surface area contributed by atoms with E-state index in [1.165, 1.54) is 6.42 Å². The minimum absolute atomic E-state index is 0. The van der Waals surface area contributed by atoms with Gasteiger partial charge in [0.2, 0.25) is 5.91 Å². The Kier molecular flexibility index (Phi) is 6.19. The van der Waals surface area contributed by atoms with Crippen LogP contribution in [0.2, 0.25) is 0 Å². The number of amides is 1. The smallest absolute Gasteiger partial charge is 0.224 e. The van der Waals surface area contributed by atoms with Gasteiger partial charge in [0, 0.05) is 37.8 Å². The minimum Gasteiger partial charge on any atom is -0.341 e. The number of nitrogens with one attached hydrogen (secondary N) is 1. The van der Waals surface area contributed by atoms with E-state index in [1.54, 1.807) is 4.90 Å². The lowest BCUT2D eigenvalue weighted by molar-refractivity contribution is -0.130. The molecule has 1 aromatic heterocycles. The van der Waals surface area contributed by atoms with E-state index in [0.29, 0.717) is 19.0 Å². The summed E-state index contributed by atoms with van der Waals surface area (Å²) in [4.78, 5) is 14.0. The first-order valence-corrected chi connectivity index (χ1v) is 7.79. The van der Waals surface area contributed by atoms with Crippen LogP contribution in [0.15, 0.2) is 42.7 Å². The standard InChI is InChI=1S/C17H22N4O.ClH/c1-20(17(22)10-15-6-5-9-18-15)12-14-11-19-21(13-14)16-7-3-2-4-8-16;/h2-4,7-8,11,13,15,18H,5-6,9-10,12H2,1H3;1H. The van der Waals surface area contributed by atoms with Crippen LogP contribution in [0.3, 0.4) is 0 Å². The van der Waals surface area contributed by atoms with E-state index in [2.05, 4.69) is 10.4 Å². The number of para-hydroxylation sites is 1. The number of carbonyl (C=O) groups excluding carboxylic acids is 1. The fourth-order valence-electron chi connectivity index (χ4n) is 2.82. The molecular formula is C17H23ClN4O. The zero-order valence-electron chi connectivity index (χ0n) is 13.3. The van der Waals surface area contributed by atoms with Gasteiger partial charge in [-0.25, -0.2) is 4.68 Å². The first-order chi connectivity index (χ1) is 10.7. The van der Waals surface area contributed by atoms with Gasteiger partial charge in [0.25, 0.3) is 0 Å². The number of hydrogen-bond donors (Lipinski definition) is 1. The molecule has 0 aliphatic carbocycles. The van der Waals surface area contributed by atoms with Gasteiger partial charge in [-0.3, -0.25) is 4.79 Å². The minimum atomic E-state index is 0. The van der Waals surface area contributed by atoms with Gasteiger partial charge in [-0.05, 0) is 31.5 Å². The molecule has 1 aromatic carbocycles. The van der Waals surface area contributed by atoms with E-state index in [9.17, 15) is 4.79 Å². The number of aromatic nitrogens is 2. The fourth-order valence-corrected chi connectivity index (χ4v) is 2.82. The number of carbonyl (C=O) groups is 1. The lowest BCUT2D eigenvalue weighted by Crippen LogP contribution is -2.33. The molecule has 3 rings (SSSR count). The Balaban J connectivity index is 0.00000192. The van der Waals surface area contributed by atoms with Gasteiger partial charge in [-0.2, -0.15) is 5.10 Å². The number of rotatable bonds is 5. The second kappa shape index (κ2) is 8.13. The van der Waals surface area contributed by atoms with Crippen molar-refractivity contribution < 1.29 is 4.79 Å². The highest BCUT2D eigenvalue weighted by atomic mass is 35.5. The highest BCUT2D eigenvalue weighted by Crippen LogP contribution is 2.12. The zero-order valence-corrected chi connectivity index (χ0v) is 14.1. The predicted molar refractivity (Wildman–Crippen MR) is 92.9 cm³/mol. The van der Waals surface area contributed by atoms with Crippen molar-refractivity contribution >= 4 is 18.3 Å². The molecule has 2 heterocycles. The summed E-state index contributed by atoms with van der Waals surface area (Å²) in [7, 11) is 1.86. The van der Waals surface area contributed by atoms with E-state index < -0.39 is 0 Å². The largest absolute Gasteiger partial charge is 0.341 e. The Morgan fingerprint density at radius 1 is 1.39 bits per heavy atom. The summed E-state index contributed by atoms with van der Waals surface area (Å²) >= 11 is 0. The molecule has 5 nitrogen and oxygen atoms in total. The molecule has 2 aromatic rings. The maximum absolute atomic E-state index is 12.2. The molecular weight excluding hydrogens is 312 g/mol. The Labute approximate surface area is 143 Å². The highest BCUT2D eigenvalue weighted by molar-refractivity contribution is 5.85. The van der Waals surface area contributed by atoms with Crippen molar-refractivity contribution in [2.24, 2.45) is 0 Å². The molecule has 0 spiro atoms. The summed E-state index contributed by atoms with van der Waals surface area (Å²) in [5, 5.41) is 7.74. The van der Waals surface area contributed by atoms with Crippen LogP contribution in [0, 0.1) is 0 Å². The molecule has 1 amide bonds. The lowest BCUT2D eigenvalue weighted by Gasteiger charge is -2.18. The van der Waals surface area contributed by atoms with Gasteiger partial charge < -0.3 is 10.2 Å². The molecule has 1 saturated heterocycles. The monoisotopic (exact) mass is 334 g/mol. The number of halogens is 1. The van der Waals surface area contributed by atoms with Crippen LogP contribution in [0.1, 0.15) is 24.8 Å². The second-order valence-electron chi connectivity index (χ2n) is 5.88. The van der Waals surface area contributed by atoms with E-state index >= 15 is 0 Å². The molecule has 1 fully saturated rings. The van der Waals surface area contributed by atoms with Crippen molar-refractivity contribution in [3.63, 3.8) is 0 Å². The SMILES string of the molecule is CN(Cc1cnn(-c2ccccc2)c1)C(=O)CC1CCCN1.Cl. The normalized spacial score (nSPS) is 16.8. The quantitative estimate of drug-likeness (QED) is 0.913. The van der Waals surface area contributed by atoms with Crippen molar-refractivity contribution in [1.29, 1.82) is 0 Å². The average molecular weight is 335 g/mol. The van der Waals surface area contributed by atoms with Gasteiger partial charge in [0.1, 0.15) is 0 Å². The van der Waals surface area contributed by atoms with Crippen molar-refractivity contribution in [3.05, 3.63) is 48.3 Å². The molecule has 23 heavy (non-hydrogen) atoms. The van der Waals surface area contributed by atoms with Gasteiger partial charge in [-0.15, -0.1) is 12.4 Å². The van der Waals surface area contributed by atoms with E-state index in [1.807, 2.05) is 54.5 Å². The lowest BCUT2D eigenvalue weighted by atomic mass is 10.1. The van der Waals surface area contributed by atoms with Crippen LogP contribution in [-0.4, -0.2) is 40.2 Å². The van der Waals surface area contributed by atoms with Crippen LogP contribution in [0.25, 0.3) is 5.69 Å². The molecule has 124 valence electrons. The van der Waals surface area contributed by atoms with Crippen LogP contribution in [-0.2, 0) is 11.3 Å². The Bertz CT molecular complexity index is 623. The first kappa shape index (κ1) is 17.5. The summed E-state index contributed by atoms with van der Waals surface area (Å²) in [6.07, 6.45) is 6.66. The molecule has 1 aliphatic rings. The summed E-state index contributed by atoms with van der Waals surface area (Å²) < 4.78 is 1.84. The van der Waals surface area contributed by atoms with Crippen LogP contribution in [0.5, 0.6) is 0 Å². The average Bonchev–Trinajstić information content (AvgIpc) is 3.20. The maximum atomic E-state index is 12.2. The molecule has 1 atom stereocenters. The van der Waals surface area contributed by atoms with Crippen LogP contribution >= 0.6 is 12.4 Å². The third-order valence-corrected chi connectivity index (χ3v) is 4.09. The topological polar surface area (TPSA) is 50.2 Å². The molecule has 0 radical (unpaired) electrons. The summed E-state index contributed by atoms with van der Waals surface area (Å²) in [6.45, 7) is 1.63. The molecule has 1 N–H and O–H groups in total. The van der Waals surface area contributed by atoms with E-state index in [-0.39, 0.29) is 18.3 Å². The molecule has 0 bridgehead atoms. The summed E-state index contributed by atoms with van der Waals surface area (Å²) in [6, 6.07) is 10.3. The highest BCUT2D eigenvalue weighted by Gasteiger charge is 2.20. The van der Waals surface area contributed by atoms with Crippen molar-refractivity contribution in [2.45, 2.75) is 31.8 Å². The Morgan fingerprint density at radius 2 is 2.17 bits per heavy atom. The Hall–Kier alpha value is -1.85. The molecule has 1 unspecified atom stereocenters. The van der Waals surface area contributed by atoms with Crippen molar-refractivity contribution in [1.82, 2.24) is 20.0 Å². The van der Waals surface area contributed by atoms with Gasteiger partial charge >= 0.3 is 0 Å². The molecule has 6 heteroatoms. The van der Waals surface area contributed by atoms with E-state index in [0.717, 1.165) is 24.2 Å². The summed E-state index contributed by atoms with van der Waals surface area (Å²) in [5.74, 6) is 0.187. The van der Waals surface area contributed by atoms with Crippen molar-refractivity contribution in [3.8, 4) is 5.69 Å². The van der Waals surface area contributed by atoms with Gasteiger partial charge in [-0.1, -0.05) is 18.2 Å². The van der Waals surface area contributed by atoms with Crippen LogP contribution < -0.4 is 5.32 Å². The van der Waals surface area contributed by atoms with Crippen molar-refractivity contribution in [2.75, 3.05) is 13.6 Å². The maximum Gasteiger partial charge on any atom is 0.224 e. The summed E-state index contributed by atoms with van der Waals surface area (Å²) in [5.41, 5.74) is 2.07. The number of benzene rings is 1. The number of nitrogens with zero attached hydrogens (tertiary/aromatic N) is 3. The third-order valence-electron chi connectivity index (χ3n) is 4.09. The molecule has 1 aliphatic heterocycles. The zero-order chi connectivity index (χ0) is 15.4. The van der Waals surface area contributed by atoms with Gasteiger partial charge in [0.05, 0.1) is 11.9 Å². The molecule has 0 saturated carbocycles. The third kappa shape index (κ3) is 4.56. The first-order valence-electron chi connectivity index (χ1n) is 7.79. The number of hydrogen-bond acceptors (Lipinski definition) is 3. The van der Waals surface area contributed by atoms with Crippen LogP contribution in [0.4, 0.5) is 0 Å². The van der Waals surface area contributed by atoms with Gasteiger partial charge in [0.15, 0.2) is 0 Å². The van der Waals surface area contributed by atoms with E-state index in [4.69, 9.17) is 0 Å². The predicted octanol–water partition coefficient (Wildman–Crippen LogP) is 2.39.